The maximum Gasteiger partial charge on any atom is 0.320 e. The maximum absolute atomic E-state index is 12.2. The molecule has 0 saturated heterocycles. The van der Waals surface area contributed by atoms with E-state index in [0.29, 0.717) is 23.8 Å². The molecule has 2 amide bonds. The van der Waals surface area contributed by atoms with Crippen LogP contribution in [0.3, 0.4) is 0 Å². The Morgan fingerprint density at radius 3 is 2.49 bits per heavy atom. The Labute approximate surface area is 203 Å². The van der Waals surface area contributed by atoms with Crippen LogP contribution in [0.5, 0.6) is 11.8 Å². The fourth-order valence-electron chi connectivity index (χ4n) is 4.80. The largest absolute Gasteiger partial charge is 0.424 e. The minimum absolute atomic E-state index is 0.152. The third-order valence-electron chi connectivity index (χ3n) is 7.19. The highest BCUT2D eigenvalue weighted by atomic mass is 16.5. The lowest BCUT2D eigenvalue weighted by Gasteiger charge is -2.30. The van der Waals surface area contributed by atoms with Crippen molar-refractivity contribution in [3.63, 3.8) is 0 Å². The number of aryl methyl sites for hydroxylation is 1. The Balaban J connectivity index is 1.33. The number of urea groups is 1. The quantitative estimate of drug-likeness (QED) is 0.357. The standard InChI is InChI=1S/C26H29N7O2/c1-32-26(28-15-29-32)35-20-12-13-21-22(14-20)33(19-6-3-7-19)24(23(21)27)16-8-10-18(11-9-16)31-25(34)30-17-4-2-5-17/h8-15,17,19H,2-7,27H2,1H3,(H2,30,31,34). The smallest absolute Gasteiger partial charge is 0.320 e. The lowest BCUT2D eigenvalue weighted by Crippen LogP contribution is -2.41. The van der Waals surface area contributed by atoms with Gasteiger partial charge in [0.1, 0.15) is 12.1 Å². The fourth-order valence-corrected chi connectivity index (χ4v) is 4.80. The molecule has 2 aliphatic rings. The summed E-state index contributed by atoms with van der Waals surface area (Å²) < 4.78 is 9.92. The first-order valence-corrected chi connectivity index (χ1v) is 12.2. The topological polar surface area (TPSA) is 112 Å². The van der Waals surface area contributed by atoms with E-state index in [1.165, 1.54) is 19.2 Å². The molecular weight excluding hydrogens is 442 g/mol. The summed E-state index contributed by atoms with van der Waals surface area (Å²) >= 11 is 0. The second kappa shape index (κ2) is 8.65. The molecule has 4 N–H and O–H groups in total. The number of nitrogen functional groups attached to an aromatic ring is 1. The van der Waals surface area contributed by atoms with Crippen LogP contribution in [0.2, 0.25) is 0 Å². The molecule has 4 aromatic rings. The van der Waals surface area contributed by atoms with Crippen LogP contribution in [0.15, 0.2) is 48.8 Å². The molecule has 2 aliphatic carbocycles. The number of aromatic nitrogens is 4. The van der Waals surface area contributed by atoms with Gasteiger partial charge in [0.15, 0.2) is 0 Å². The van der Waals surface area contributed by atoms with Crippen molar-refractivity contribution in [2.24, 2.45) is 7.05 Å². The second-order valence-electron chi connectivity index (χ2n) is 9.47. The Kier molecular flexibility index (Phi) is 5.32. The molecule has 2 fully saturated rings. The van der Waals surface area contributed by atoms with Crippen LogP contribution in [0.1, 0.15) is 44.6 Å². The number of anilines is 2. The van der Waals surface area contributed by atoms with Gasteiger partial charge in [0.25, 0.3) is 0 Å². The van der Waals surface area contributed by atoms with E-state index in [2.05, 4.69) is 25.3 Å². The minimum atomic E-state index is -0.152. The first kappa shape index (κ1) is 21.5. The van der Waals surface area contributed by atoms with E-state index < -0.39 is 0 Å². The molecule has 2 aromatic heterocycles. The minimum Gasteiger partial charge on any atom is -0.424 e. The highest BCUT2D eigenvalue weighted by Crippen LogP contribution is 2.45. The molecule has 0 aliphatic heterocycles. The predicted octanol–water partition coefficient (Wildman–Crippen LogP) is 5.21. The highest BCUT2D eigenvalue weighted by Gasteiger charge is 2.27. The van der Waals surface area contributed by atoms with Crippen LogP contribution in [0.25, 0.3) is 22.2 Å². The molecule has 2 saturated carbocycles. The van der Waals surface area contributed by atoms with Crippen molar-refractivity contribution >= 4 is 28.3 Å². The lowest BCUT2D eigenvalue weighted by atomic mass is 9.92. The number of benzene rings is 2. The molecule has 2 aromatic carbocycles. The van der Waals surface area contributed by atoms with Crippen LogP contribution in [-0.2, 0) is 7.05 Å². The van der Waals surface area contributed by atoms with Gasteiger partial charge in [0.05, 0.1) is 16.9 Å². The summed E-state index contributed by atoms with van der Waals surface area (Å²) in [5, 5.41) is 11.0. The zero-order valence-corrected chi connectivity index (χ0v) is 19.7. The molecule has 180 valence electrons. The predicted molar refractivity (Wildman–Crippen MR) is 136 cm³/mol. The van der Waals surface area contributed by atoms with Gasteiger partial charge in [-0.1, -0.05) is 12.1 Å². The Morgan fingerprint density at radius 2 is 1.86 bits per heavy atom. The molecule has 6 rings (SSSR count). The number of hydrogen-bond acceptors (Lipinski definition) is 5. The molecule has 9 nitrogen and oxygen atoms in total. The maximum atomic E-state index is 12.2. The third-order valence-corrected chi connectivity index (χ3v) is 7.19. The number of amides is 2. The SMILES string of the molecule is Cn1ncnc1Oc1ccc2c(N)c(-c3ccc(NC(=O)NC4CCC4)cc3)n(C3CCC3)c2c1. The number of hydrogen-bond donors (Lipinski definition) is 3. The summed E-state index contributed by atoms with van der Waals surface area (Å²) in [5.74, 6) is 0.690. The second-order valence-corrected chi connectivity index (χ2v) is 9.47. The monoisotopic (exact) mass is 471 g/mol. The number of carbonyl (C=O) groups excluding carboxylic acids is 1. The first-order valence-electron chi connectivity index (χ1n) is 12.2. The van der Waals surface area contributed by atoms with E-state index in [4.69, 9.17) is 10.5 Å². The van der Waals surface area contributed by atoms with Gasteiger partial charge in [-0.3, -0.25) is 0 Å². The average molecular weight is 472 g/mol. The van der Waals surface area contributed by atoms with E-state index in [1.807, 2.05) is 42.5 Å². The molecule has 0 atom stereocenters. The van der Waals surface area contributed by atoms with Crippen LogP contribution >= 0.6 is 0 Å². The number of nitrogens with zero attached hydrogens (tertiary/aromatic N) is 4. The van der Waals surface area contributed by atoms with Crippen LogP contribution < -0.4 is 21.1 Å². The molecular formula is C26H29N7O2. The Hall–Kier alpha value is -4.01. The van der Waals surface area contributed by atoms with Gasteiger partial charge in [0.2, 0.25) is 0 Å². The highest BCUT2D eigenvalue weighted by molar-refractivity contribution is 6.02. The van der Waals surface area contributed by atoms with Gasteiger partial charge in [-0.15, -0.1) is 0 Å². The number of nitrogens with two attached hydrogens (primary N) is 1. The van der Waals surface area contributed by atoms with Gasteiger partial charge < -0.3 is 25.7 Å². The van der Waals surface area contributed by atoms with Crippen molar-refractivity contribution in [2.75, 3.05) is 11.1 Å². The van der Waals surface area contributed by atoms with E-state index in [9.17, 15) is 4.79 Å². The number of fused-ring (bicyclic) bond motifs is 1. The number of rotatable bonds is 6. The van der Waals surface area contributed by atoms with Crippen molar-refractivity contribution in [3.8, 4) is 23.0 Å². The van der Waals surface area contributed by atoms with Crippen LogP contribution in [0, 0.1) is 0 Å². The van der Waals surface area contributed by atoms with Crippen molar-refractivity contribution in [3.05, 3.63) is 48.8 Å². The number of nitrogens with one attached hydrogen (secondary N) is 2. The van der Waals surface area contributed by atoms with Gasteiger partial charge in [-0.05, 0) is 62.8 Å². The number of carbonyl (C=O) groups is 1. The molecule has 2 heterocycles. The van der Waals surface area contributed by atoms with Crippen molar-refractivity contribution < 1.29 is 9.53 Å². The summed E-state index contributed by atoms with van der Waals surface area (Å²) in [7, 11) is 1.80. The molecule has 0 bridgehead atoms. The van der Waals surface area contributed by atoms with Gasteiger partial charge in [-0.2, -0.15) is 10.1 Å². The fraction of sp³-hybridized carbons (Fsp3) is 0.346. The summed E-state index contributed by atoms with van der Waals surface area (Å²) in [4.78, 5) is 16.4. The molecule has 9 heteroatoms. The molecule has 0 unspecified atom stereocenters. The Morgan fingerprint density at radius 1 is 1.09 bits per heavy atom. The molecule has 0 spiro atoms. The number of ether oxygens (including phenoxy) is 1. The van der Waals surface area contributed by atoms with E-state index in [-0.39, 0.29) is 6.03 Å². The van der Waals surface area contributed by atoms with Gasteiger partial charge in [0, 0.05) is 41.8 Å². The van der Waals surface area contributed by atoms with Gasteiger partial charge >= 0.3 is 12.0 Å². The van der Waals surface area contributed by atoms with E-state index in [1.54, 1.807) is 11.7 Å². The molecule has 35 heavy (non-hydrogen) atoms. The zero-order valence-electron chi connectivity index (χ0n) is 19.7. The van der Waals surface area contributed by atoms with Crippen molar-refractivity contribution in [1.82, 2.24) is 24.6 Å². The Bertz CT molecular complexity index is 1380. The summed E-state index contributed by atoms with van der Waals surface area (Å²) in [5.41, 5.74) is 11.3. The van der Waals surface area contributed by atoms with Crippen molar-refractivity contribution in [1.29, 1.82) is 0 Å². The summed E-state index contributed by atoms with van der Waals surface area (Å²) in [6.45, 7) is 0. The van der Waals surface area contributed by atoms with Crippen LogP contribution in [-0.4, -0.2) is 31.4 Å². The molecule has 0 radical (unpaired) electrons. The lowest BCUT2D eigenvalue weighted by molar-refractivity contribution is 0.240. The normalized spacial score (nSPS) is 16.0. The van der Waals surface area contributed by atoms with E-state index >= 15 is 0 Å². The summed E-state index contributed by atoms with van der Waals surface area (Å²) in [6.07, 6.45) is 8.21. The first-order chi connectivity index (χ1) is 17.1. The average Bonchev–Trinajstić information content (AvgIpc) is 3.31. The zero-order chi connectivity index (χ0) is 23.9. The third kappa shape index (κ3) is 3.96. The summed E-state index contributed by atoms with van der Waals surface area (Å²) in [6, 6.07) is 14.8. The van der Waals surface area contributed by atoms with Gasteiger partial charge in [-0.25, -0.2) is 9.48 Å². The van der Waals surface area contributed by atoms with Crippen LogP contribution in [0.4, 0.5) is 16.2 Å². The van der Waals surface area contributed by atoms with Crippen molar-refractivity contribution in [2.45, 2.75) is 50.6 Å². The van der Waals surface area contributed by atoms with E-state index in [0.717, 1.165) is 59.2 Å².